The number of nitrogens with one attached hydrogen (secondary N) is 2. The van der Waals surface area contributed by atoms with Crippen LogP contribution in [0.1, 0.15) is 37.3 Å². The number of nitrogens with zero attached hydrogens (tertiary/aromatic N) is 3. The fourth-order valence-electron chi connectivity index (χ4n) is 4.47. The van der Waals surface area contributed by atoms with E-state index in [9.17, 15) is 4.79 Å². The summed E-state index contributed by atoms with van der Waals surface area (Å²) >= 11 is 0. The molecule has 7 nitrogen and oxygen atoms in total. The lowest BCUT2D eigenvalue weighted by atomic mass is 9.84. The molecule has 0 atom stereocenters. The maximum atomic E-state index is 12.4. The van der Waals surface area contributed by atoms with Gasteiger partial charge in [-0.05, 0) is 43.4 Å². The molecular weight excluding hydrogens is 390 g/mol. The molecular formula is C24H37N5O2. The molecule has 1 amide bonds. The van der Waals surface area contributed by atoms with Crippen LogP contribution in [0.2, 0.25) is 0 Å². The Kier molecular flexibility index (Phi) is 7.67. The summed E-state index contributed by atoms with van der Waals surface area (Å²) in [4.78, 5) is 21.6. The van der Waals surface area contributed by atoms with Crippen molar-refractivity contribution in [1.82, 2.24) is 20.4 Å². The lowest BCUT2D eigenvalue weighted by Gasteiger charge is -2.38. The number of aliphatic imine (C=N–C) groups is 1. The number of hydrogen-bond acceptors (Lipinski definition) is 4. The minimum Gasteiger partial charge on any atom is -0.493 e. The molecule has 0 radical (unpaired) electrons. The summed E-state index contributed by atoms with van der Waals surface area (Å²) in [6.45, 7) is 9.95. The molecule has 2 heterocycles. The summed E-state index contributed by atoms with van der Waals surface area (Å²) < 4.78 is 5.59. The van der Waals surface area contributed by atoms with E-state index in [2.05, 4.69) is 45.6 Å². The Hall–Kier alpha value is -2.28. The number of rotatable bonds is 8. The average molecular weight is 428 g/mol. The molecule has 0 unspecified atom stereocenters. The Morgan fingerprint density at radius 2 is 2.03 bits per heavy atom. The number of hydrogen-bond donors (Lipinski definition) is 2. The summed E-state index contributed by atoms with van der Waals surface area (Å²) in [5.41, 5.74) is 2.66. The van der Waals surface area contributed by atoms with Crippen LogP contribution in [0.5, 0.6) is 5.75 Å². The van der Waals surface area contributed by atoms with E-state index in [-0.39, 0.29) is 0 Å². The first-order valence-corrected chi connectivity index (χ1v) is 12.0. The maximum absolute atomic E-state index is 12.4. The van der Waals surface area contributed by atoms with Gasteiger partial charge in [0.15, 0.2) is 5.96 Å². The van der Waals surface area contributed by atoms with Gasteiger partial charge in [0.05, 0.1) is 13.2 Å². The predicted molar refractivity (Wildman–Crippen MR) is 124 cm³/mol. The largest absolute Gasteiger partial charge is 0.493 e. The molecule has 1 saturated carbocycles. The van der Waals surface area contributed by atoms with Gasteiger partial charge in [0, 0.05) is 58.2 Å². The van der Waals surface area contributed by atoms with E-state index in [4.69, 9.17) is 9.73 Å². The van der Waals surface area contributed by atoms with Gasteiger partial charge in [0.25, 0.3) is 0 Å². The zero-order valence-electron chi connectivity index (χ0n) is 18.9. The SMILES string of the molecule is CCNC(=NCCN1CCN(C(=O)C2CCC2)CC1)NCCc1ccc2c(c1)CCO2. The third kappa shape index (κ3) is 5.91. The number of ether oxygens (including phenoxy) is 1. The lowest BCUT2D eigenvalue weighted by Crippen LogP contribution is -2.51. The number of guanidine groups is 1. The zero-order valence-corrected chi connectivity index (χ0v) is 18.9. The molecule has 1 aromatic carbocycles. The van der Waals surface area contributed by atoms with Crippen LogP contribution in [0, 0.1) is 5.92 Å². The lowest BCUT2D eigenvalue weighted by molar-refractivity contribution is -0.139. The van der Waals surface area contributed by atoms with Crippen LogP contribution in [0.15, 0.2) is 23.2 Å². The molecule has 2 fully saturated rings. The van der Waals surface area contributed by atoms with Gasteiger partial charge in [-0.2, -0.15) is 0 Å². The number of piperazine rings is 1. The fraction of sp³-hybridized carbons (Fsp3) is 0.667. The first kappa shape index (κ1) is 21.9. The van der Waals surface area contributed by atoms with Crippen LogP contribution in [-0.4, -0.2) is 80.6 Å². The van der Waals surface area contributed by atoms with Gasteiger partial charge in [-0.15, -0.1) is 0 Å². The van der Waals surface area contributed by atoms with Crippen molar-refractivity contribution in [1.29, 1.82) is 0 Å². The molecule has 0 spiro atoms. The van der Waals surface area contributed by atoms with Crippen LogP contribution in [-0.2, 0) is 17.6 Å². The highest BCUT2D eigenvalue weighted by Gasteiger charge is 2.30. The van der Waals surface area contributed by atoms with E-state index in [1.807, 2.05) is 0 Å². The number of benzene rings is 1. The number of carbonyl (C=O) groups is 1. The van der Waals surface area contributed by atoms with E-state index in [0.29, 0.717) is 11.8 Å². The monoisotopic (exact) mass is 427 g/mol. The van der Waals surface area contributed by atoms with Gasteiger partial charge in [0.2, 0.25) is 5.91 Å². The highest BCUT2D eigenvalue weighted by molar-refractivity contribution is 5.80. The Bertz CT molecular complexity index is 769. The summed E-state index contributed by atoms with van der Waals surface area (Å²) in [5.74, 6) is 2.62. The van der Waals surface area contributed by atoms with E-state index in [1.54, 1.807) is 0 Å². The van der Waals surface area contributed by atoms with Crippen LogP contribution >= 0.6 is 0 Å². The second-order valence-electron chi connectivity index (χ2n) is 8.77. The normalized spacial score (nSPS) is 19.5. The Labute approximate surface area is 186 Å². The third-order valence-electron chi connectivity index (χ3n) is 6.63. The number of fused-ring (bicyclic) bond motifs is 1. The molecule has 4 rings (SSSR count). The summed E-state index contributed by atoms with van der Waals surface area (Å²) in [7, 11) is 0. The van der Waals surface area contributed by atoms with Crippen LogP contribution < -0.4 is 15.4 Å². The van der Waals surface area contributed by atoms with E-state index < -0.39 is 0 Å². The molecule has 3 aliphatic rings. The second kappa shape index (κ2) is 10.8. The number of carbonyl (C=O) groups excluding carboxylic acids is 1. The van der Waals surface area contributed by atoms with Crippen molar-refractivity contribution in [2.45, 2.75) is 39.0 Å². The number of amides is 1. The third-order valence-corrected chi connectivity index (χ3v) is 6.63. The molecule has 2 aliphatic heterocycles. The minimum absolute atomic E-state index is 0.315. The van der Waals surface area contributed by atoms with Crippen molar-refractivity contribution in [3.05, 3.63) is 29.3 Å². The molecule has 170 valence electrons. The molecule has 1 aliphatic carbocycles. The molecule has 1 aromatic rings. The standard InChI is InChI=1S/C24H37N5O2/c1-2-25-24(26-10-8-19-6-7-22-21(18-19)9-17-31-22)27-11-12-28-13-15-29(16-14-28)23(30)20-4-3-5-20/h6-7,18,20H,2-5,8-17H2,1H3,(H2,25,26,27). The Morgan fingerprint density at radius 1 is 1.19 bits per heavy atom. The van der Waals surface area contributed by atoms with Crippen molar-refractivity contribution in [2.24, 2.45) is 10.9 Å². The predicted octanol–water partition coefficient (Wildman–Crippen LogP) is 1.66. The van der Waals surface area contributed by atoms with Crippen molar-refractivity contribution in [3.8, 4) is 5.75 Å². The smallest absolute Gasteiger partial charge is 0.225 e. The average Bonchev–Trinajstić information content (AvgIpc) is 3.21. The molecule has 2 N–H and O–H groups in total. The highest BCUT2D eigenvalue weighted by Crippen LogP contribution is 2.28. The zero-order chi connectivity index (χ0) is 21.5. The minimum atomic E-state index is 0.315. The summed E-state index contributed by atoms with van der Waals surface area (Å²) in [6, 6.07) is 6.52. The van der Waals surface area contributed by atoms with Gasteiger partial charge in [-0.1, -0.05) is 18.6 Å². The summed E-state index contributed by atoms with van der Waals surface area (Å²) in [5, 5.41) is 6.80. The van der Waals surface area contributed by atoms with Gasteiger partial charge in [-0.3, -0.25) is 14.7 Å². The maximum Gasteiger partial charge on any atom is 0.225 e. The summed E-state index contributed by atoms with van der Waals surface area (Å²) in [6.07, 6.45) is 5.39. The van der Waals surface area contributed by atoms with E-state index in [0.717, 1.165) is 96.4 Å². The van der Waals surface area contributed by atoms with Crippen molar-refractivity contribution < 1.29 is 9.53 Å². The Balaban J connectivity index is 1.16. The van der Waals surface area contributed by atoms with Gasteiger partial charge in [0.1, 0.15) is 5.75 Å². The van der Waals surface area contributed by atoms with Crippen LogP contribution in [0.3, 0.4) is 0 Å². The first-order valence-electron chi connectivity index (χ1n) is 12.0. The fourth-order valence-corrected chi connectivity index (χ4v) is 4.47. The molecule has 7 heteroatoms. The molecule has 31 heavy (non-hydrogen) atoms. The van der Waals surface area contributed by atoms with E-state index >= 15 is 0 Å². The van der Waals surface area contributed by atoms with Gasteiger partial charge >= 0.3 is 0 Å². The second-order valence-corrected chi connectivity index (χ2v) is 8.77. The van der Waals surface area contributed by atoms with Crippen molar-refractivity contribution in [3.63, 3.8) is 0 Å². The van der Waals surface area contributed by atoms with Crippen LogP contribution in [0.25, 0.3) is 0 Å². The van der Waals surface area contributed by atoms with Gasteiger partial charge < -0.3 is 20.3 Å². The van der Waals surface area contributed by atoms with E-state index in [1.165, 1.54) is 17.5 Å². The topological polar surface area (TPSA) is 69.2 Å². The molecule has 1 saturated heterocycles. The molecule has 0 aromatic heterocycles. The van der Waals surface area contributed by atoms with Crippen molar-refractivity contribution in [2.75, 3.05) is 59.0 Å². The quantitative estimate of drug-likeness (QED) is 0.488. The Morgan fingerprint density at radius 3 is 2.77 bits per heavy atom. The highest BCUT2D eigenvalue weighted by atomic mass is 16.5. The molecule has 0 bridgehead atoms. The van der Waals surface area contributed by atoms with Gasteiger partial charge in [-0.25, -0.2) is 0 Å². The van der Waals surface area contributed by atoms with Crippen molar-refractivity contribution >= 4 is 11.9 Å². The first-order chi connectivity index (χ1) is 15.2. The van der Waals surface area contributed by atoms with Crippen LogP contribution in [0.4, 0.5) is 0 Å².